The average molecular weight is 291 g/mol. The summed E-state index contributed by atoms with van der Waals surface area (Å²) in [5.74, 6) is 0. The van der Waals surface area contributed by atoms with Gasteiger partial charge in [0.2, 0.25) is 0 Å². The molecule has 0 atom stereocenters. The van der Waals surface area contributed by atoms with Crippen LogP contribution in [-0.2, 0) is 0 Å². The Hall–Kier alpha value is -1.95. The van der Waals surface area contributed by atoms with Crippen LogP contribution in [0.25, 0.3) is 16.8 Å². The topological polar surface area (TPSA) is 63.0 Å². The van der Waals surface area contributed by atoms with Gasteiger partial charge in [0.05, 0.1) is 12.5 Å². The zero-order chi connectivity index (χ0) is 11.8. The van der Waals surface area contributed by atoms with Crippen molar-refractivity contribution in [2.45, 2.75) is 0 Å². The van der Waals surface area contributed by atoms with Crippen LogP contribution in [-0.4, -0.2) is 19.6 Å². The van der Waals surface area contributed by atoms with E-state index < -0.39 is 0 Å². The monoisotopic (exact) mass is 290 g/mol. The maximum absolute atomic E-state index is 11.5. The molecule has 0 unspecified atom stereocenters. The first-order valence-electron chi connectivity index (χ1n) is 4.93. The highest BCUT2D eigenvalue weighted by atomic mass is 79.9. The molecule has 0 fully saturated rings. The van der Waals surface area contributed by atoms with E-state index in [1.807, 2.05) is 24.3 Å². The second-order valence-corrected chi connectivity index (χ2v) is 4.42. The Morgan fingerprint density at radius 2 is 2.00 bits per heavy atom. The summed E-state index contributed by atoms with van der Waals surface area (Å²) in [7, 11) is 0. The van der Waals surface area contributed by atoms with Crippen LogP contribution >= 0.6 is 15.9 Å². The number of halogens is 1. The van der Waals surface area contributed by atoms with Gasteiger partial charge in [-0.2, -0.15) is 9.61 Å². The summed E-state index contributed by atoms with van der Waals surface area (Å²) in [6.07, 6.45) is 3.02. The number of nitrogens with zero attached hydrogens (tertiary/aromatic N) is 3. The predicted octanol–water partition coefficient (Wildman–Crippen LogP) is 1.85. The third-order valence-corrected chi connectivity index (χ3v) is 2.99. The van der Waals surface area contributed by atoms with Crippen molar-refractivity contribution in [3.63, 3.8) is 0 Å². The van der Waals surface area contributed by atoms with Crippen LogP contribution in [0.5, 0.6) is 0 Å². The van der Waals surface area contributed by atoms with Crippen molar-refractivity contribution in [3.8, 4) is 11.1 Å². The lowest BCUT2D eigenvalue weighted by molar-refractivity contribution is 0.840. The predicted molar refractivity (Wildman–Crippen MR) is 66.7 cm³/mol. The number of aromatic nitrogens is 4. The molecule has 6 heteroatoms. The quantitative estimate of drug-likeness (QED) is 0.744. The maximum atomic E-state index is 11.5. The first kappa shape index (κ1) is 10.2. The van der Waals surface area contributed by atoms with Gasteiger partial charge in [-0.05, 0) is 17.7 Å². The van der Waals surface area contributed by atoms with E-state index in [0.29, 0.717) is 5.65 Å². The number of hydrogen-bond acceptors (Lipinski definition) is 3. The van der Waals surface area contributed by atoms with Gasteiger partial charge in [0.25, 0.3) is 0 Å². The van der Waals surface area contributed by atoms with Crippen LogP contribution in [0.15, 0.2) is 46.1 Å². The molecule has 1 N–H and O–H groups in total. The normalized spacial score (nSPS) is 10.9. The molecule has 3 rings (SSSR count). The van der Waals surface area contributed by atoms with Gasteiger partial charge >= 0.3 is 5.69 Å². The second-order valence-electron chi connectivity index (χ2n) is 3.51. The molecular formula is C11H7BrN4O. The Morgan fingerprint density at radius 3 is 2.76 bits per heavy atom. The smallest absolute Gasteiger partial charge is 0.296 e. The third kappa shape index (κ3) is 1.66. The molecular weight excluding hydrogens is 284 g/mol. The van der Waals surface area contributed by atoms with E-state index >= 15 is 0 Å². The molecule has 84 valence electrons. The average Bonchev–Trinajstić information content (AvgIpc) is 2.75. The summed E-state index contributed by atoms with van der Waals surface area (Å²) in [5, 5.41) is 4.02. The lowest BCUT2D eigenvalue weighted by atomic mass is 10.1. The number of aromatic amines is 1. The Kier molecular flexibility index (Phi) is 2.29. The lowest BCUT2D eigenvalue weighted by Gasteiger charge is -1.98. The van der Waals surface area contributed by atoms with E-state index in [4.69, 9.17) is 0 Å². The highest BCUT2D eigenvalue weighted by Crippen LogP contribution is 2.23. The molecule has 17 heavy (non-hydrogen) atoms. The Bertz CT molecular complexity index is 729. The van der Waals surface area contributed by atoms with Crippen molar-refractivity contribution in [2.24, 2.45) is 0 Å². The Balaban J connectivity index is 2.28. The van der Waals surface area contributed by atoms with E-state index in [-0.39, 0.29) is 5.69 Å². The van der Waals surface area contributed by atoms with Gasteiger partial charge in [0, 0.05) is 10.0 Å². The Morgan fingerprint density at radius 1 is 1.24 bits per heavy atom. The van der Waals surface area contributed by atoms with Crippen LogP contribution in [0.3, 0.4) is 0 Å². The molecule has 2 aromatic heterocycles. The first-order chi connectivity index (χ1) is 8.25. The SMILES string of the molecule is O=c1[nH]cnc2c(-c3ccc(Br)cc3)cnn12. The molecule has 1 aromatic carbocycles. The van der Waals surface area contributed by atoms with Crippen LogP contribution < -0.4 is 5.69 Å². The van der Waals surface area contributed by atoms with Crippen molar-refractivity contribution < 1.29 is 0 Å². The van der Waals surface area contributed by atoms with Gasteiger partial charge in [-0.1, -0.05) is 28.1 Å². The summed E-state index contributed by atoms with van der Waals surface area (Å²) < 4.78 is 2.25. The van der Waals surface area contributed by atoms with Crippen LogP contribution in [0.4, 0.5) is 0 Å². The minimum Gasteiger partial charge on any atom is -0.296 e. The molecule has 0 aliphatic heterocycles. The Labute approximate surface area is 104 Å². The summed E-state index contributed by atoms with van der Waals surface area (Å²) in [6, 6.07) is 7.77. The number of hydrogen-bond donors (Lipinski definition) is 1. The standard InChI is InChI=1S/C11H7BrN4O/c12-8-3-1-7(2-4-8)9-5-15-16-10(9)13-6-14-11(16)17/h1-6H,(H,13,14,17). The molecule has 3 aromatic rings. The number of H-pyrrole nitrogens is 1. The summed E-state index contributed by atoms with van der Waals surface area (Å²) in [4.78, 5) is 18.1. The van der Waals surface area contributed by atoms with Crippen molar-refractivity contribution in [2.75, 3.05) is 0 Å². The lowest BCUT2D eigenvalue weighted by Crippen LogP contribution is -2.17. The largest absolute Gasteiger partial charge is 0.349 e. The molecule has 0 aliphatic rings. The second kappa shape index (κ2) is 3.81. The fourth-order valence-electron chi connectivity index (χ4n) is 1.66. The van der Waals surface area contributed by atoms with E-state index in [0.717, 1.165) is 15.6 Å². The van der Waals surface area contributed by atoms with Gasteiger partial charge in [0.15, 0.2) is 5.65 Å². The summed E-state index contributed by atoms with van der Waals surface area (Å²) >= 11 is 3.38. The molecule has 0 saturated heterocycles. The highest BCUT2D eigenvalue weighted by molar-refractivity contribution is 9.10. The van der Waals surface area contributed by atoms with Gasteiger partial charge in [-0.15, -0.1) is 0 Å². The minimum atomic E-state index is -0.293. The summed E-state index contributed by atoms with van der Waals surface area (Å²) in [5.41, 5.74) is 2.07. The van der Waals surface area contributed by atoms with Gasteiger partial charge in [-0.3, -0.25) is 4.98 Å². The zero-order valence-corrected chi connectivity index (χ0v) is 10.2. The van der Waals surface area contributed by atoms with Crippen molar-refractivity contribution in [1.29, 1.82) is 0 Å². The number of rotatable bonds is 1. The third-order valence-electron chi connectivity index (χ3n) is 2.47. The molecule has 5 nitrogen and oxygen atoms in total. The van der Waals surface area contributed by atoms with E-state index in [9.17, 15) is 4.79 Å². The fourth-order valence-corrected chi connectivity index (χ4v) is 1.92. The zero-order valence-electron chi connectivity index (χ0n) is 8.59. The molecule has 0 radical (unpaired) electrons. The number of fused-ring (bicyclic) bond motifs is 1. The first-order valence-corrected chi connectivity index (χ1v) is 5.72. The van der Waals surface area contributed by atoms with E-state index in [2.05, 4.69) is 31.0 Å². The summed E-state index contributed by atoms with van der Waals surface area (Å²) in [6.45, 7) is 0. The number of benzene rings is 1. The van der Waals surface area contributed by atoms with Crippen molar-refractivity contribution >= 4 is 21.6 Å². The van der Waals surface area contributed by atoms with Crippen molar-refractivity contribution in [3.05, 3.63) is 51.7 Å². The fraction of sp³-hybridized carbons (Fsp3) is 0. The molecule has 0 amide bonds. The van der Waals surface area contributed by atoms with Gasteiger partial charge in [-0.25, -0.2) is 9.78 Å². The van der Waals surface area contributed by atoms with Crippen molar-refractivity contribution in [1.82, 2.24) is 19.6 Å². The molecule has 2 heterocycles. The van der Waals surface area contributed by atoms with Crippen LogP contribution in [0.2, 0.25) is 0 Å². The van der Waals surface area contributed by atoms with E-state index in [1.165, 1.54) is 10.8 Å². The van der Waals surface area contributed by atoms with Crippen LogP contribution in [0.1, 0.15) is 0 Å². The number of nitrogens with one attached hydrogen (secondary N) is 1. The molecule has 0 spiro atoms. The molecule has 0 aliphatic carbocycles. The highest BCUT2D eigenvalue weighted by Gasteiger charge is 2.08. The van der Waals surface area contributed by atoms with E-state index in [1.54, 1.807) is 6.20 Å². The van der Waals surface area contributed by atoms with Gasteiger partial charge in [0.1, 0.15) is 0 Å². The van der Waals surface area contributed by atoms with Gasteiger partial charge < -0.3 is 0 Å². The minimum absolute atomic E-state index is 0.293. The molecule has 0 bridgehead atoms. The molecule has 0 saturated carbocycles. The maximum Gasteiger partial charge on any atom is 0.349 e. The van der Waals surface area contributed by atoms with Crippen LogP contribution in [0, 0.1) is 0 Å².